The van der Waals surface area contributed by atoms with Crippen LogP contribution < -0.4 is 20.1 Å². The number of fused-ring (bicyclic) bond motifs is 1. The Morgan fingerprint density at radius 3 is 2.71 bits per heavy atom. The van der Waals surface area contributed by atoms with E-state index in [0.29, 0.717) is 30.0 Å². The van der Waals surface area contributed by atoms with Crippen LogP contribution in [-0.4, -0.2) is 25.0 Å². The topological polar surface area (TPSA) is 76.7 Å². The molecule has 0 atom stereocenters. The number of carbonyl (C=O) groups is 2. The molecule has 0 saturated carbocycles. The Morgan fingerprint density at radius 1 is 1.04 bits per heavy atom. The highest BCUT2D eigenvalue weighted by molar-refractivity contribution is 5.97. The highest BCUT2D eigenvalue weighted by Gasteiger charge is 2.13. The molecule has 1 amide bonds. The Kier molecular flexibility index (Phi) is 4.65. The second-order valence-corrected chi connectivity index (χ2v) is 5.43. The first-order valence-electron chi connectivity index (χ1n) is 7.66. The van der Waals surface area contributed by atoms with Crippen LogP contribution in [0.5, 0.6) is 11.5 Å². The molecule has 0 saturated heterocycles. The van der Waals surface area contributed by atoms with Gasteiger partial charge in [-0.1, -0.05) is 12.1 Å². The zero-order valence-electron chi connectivity index (χ0n) is 13.3. The van der Waals surface area contributed by atoms with Crippen LogP contribution >= 0.6 is 0 Å². The molecule has 2 N–H and O–H groups in total. The van der Waals surface area contributed by atoms with E-state index >= 15 is 0 Å². The SMILES string of the molecule is CC(=O)c1cccc(NC(=O)CCNc2ccc3c(c2)OCO3)c1. The minimum Gasteiger partial charge on any atom is -0.454 e. The smallest absolute Gasteiger partial charge is 0.231 e. The highest BCUT2D eigenvalue weighted by Crippen LogP contribution is 2.34. The van der Waals surface area contributed by atoms with Gasteiger partial charge in [-0.05, 0) is 31.2 Å². The third-order valence-corrected chi connectivity index (χ3v) is 3.61. The fraction of sp³-hybridized carbons (Fsp3) is 0.222. The summed E-state index contributed by atoms with van der Waals surface area (Å²) in [5, 5.41) is 5.96. The number of anilines is 2. The van der Waals surface area contributed by atoms with Crippen LogP contribution in [0.2, 0.25) is 0 Å². The zero-order valence-corrected chi connectivity index (χ0v) is 13.3. The molecule has 3 rings (SSSR count). The molecule has 6 heteroatoms. The standard InChI is InChI=1S/C18H18N2O4/c1-12(21)13-3-2-4-15(9-13)20-18(22)7-8-19-14-5-6-16-17(10-14)24-11-23-16/h2-6,9-10,19H,7-8,11H2,1H3,(H,20,22). The van der Waals surface area contributed by atoms with Crippen LogP contribution in [0.4, 0.5) is 11.4 Å². The normalized spacial score (nSPS) is 11.9. The minimum atomic E-state index is -0.121. The molecule has 0 unspecified atom stereocenters. The third kappa shape index (κ3) is 3.84. The second-order valence-electron chi connectivity index (χ2n) is 5.43. The number of carbonyl (C=O) groups excluding carboxylic acids is 2. The molecule has 1 aliphatic rings. The van der Waals surface area contributed by atoms with Crippen molar-refractivity contribution in [1.29, 1.82) is 0 Å². The lowest BCUT2D eigenvalue weighted by Crippen LogP contribution is -2.16. The number of benzene rings is 2. The maximum Gasteiger partial charge on any atom is 0.231 e. The van der Waals surface area contributed by atoms with Crippen molar-refractivity contribution in [2.24, 2.45) is 0 Å². The van der Waals surface area contributed by atoms with Crippen LogP contribution in [0, 0.1) is 0 Å². The molecule has 0 aliphatic carbocycles. The van der Waals surface area contributed by atoms with Crippen LogP contribution in [-0.2, 0) is 4.79 Å². The van der Waals surface area contributed by atoms with E-state index in [-0.39, 0.29) is 18.5 Å². The predicted octanol–water partition coefficient (Wildman–Crippen LogP) is 3.06. The molecule has 24 heavy (non-hydrogen) atoms. The molecule has 1 aliphatic heterocycles. The van der Waals surface area contributed by atoms with Gasteiger partial charge >= 0.3 is 0 Å². The number of hydrogen-bond acceptors (Lipinski definition) is 5. The van der Waals surface area contributed by atoms with E-state index in [1.54, 1.807) is 24.3 Å². The molecule has 0 fully saturated rings. The van der Waals surface area contributed by atoms with Crippen LogP contribution in [0.25, 0.3) is 0 Å². The molecule has 1 heterocycles. The van der Waals surface area contributed by atoms with Gasteiger partial charge in [0, 0.05) is 36.0 Å². The van der Waals surface area contributed by atoms with E-state index in [4.69, 9.17) is 9.47 Å². The van der Waals surface area contributed by atoms with Gasteiger partial charge in [-0.15, -0.1) is 0 Å². The fourth-order valence-electron chi connectivity index (χ4n) is 2.37. The Morgan fingerprint density at radius 2 is 1.88 bits per heavy atom. The number of nitrogens with one attached hydrogen (secondary N) is 2. The van der Waals surface area contributed by atoms with E-state index in [1.807, 2.05) is 18.2 Å². The van der Waals surface area contributed by atoms with Crippen LogP contribution in [0.1, 0.15) is 23.7 Å². The van der Waals surface area contributed by atoms with E-state index in [0.717, 1.165) is 11.4 Å². The average molecular weight is 326 g/mol. The fourth-order valence-corrected chi connectivity index (χ4v) is 2.37. The van der Waals surface area contributed by atoms with Gasteiger partial charge in [0.15, 0.2) is 17.3 Å². The summed E-state index contributed by atoms with van der Waals surface area (Å²) < 4.78 is 10.6. The van der Waals surface area contributed by atoms with Gasteiger partial charge in [0.25, 0.3) is 0 Å². The molecule has 124 valence electrons. The number of Topliss-reactive ketones (excluding diaryl/α,β-unsaturated/α-hetero) is 1. The van der Waals surface area contributed by atoms with Crippen molar-refractivity contribution in [2.45, 2.75) is 13.3 Å². The molecule has 0 bridgehead atoms. The zero-order chi connectivity index (χ0) is 16.9. The number of hydrogen-bond donors (Lipinski definition) is 2. The van der Waals surface area contributed by atoms with Gasteiger partial charge in [-0.3, -0.25) is 9.59 Å². The first-order valence-corrected chi connectivity index (χ1v) is 7.66. The van der Waals surface area contributed by atoms with Crippen LogP contribution in [0.3, 0.4) is 0 Å². The number of rotatable bonds is 6. The Bertz CT molecular complexity index is 773. The molecule has 0 radical (unpaired) electrons. The second kappa shape index (κ2) is 7.04. The lowest BCUT2D eigenvalue weighted by Gasteiger charge is -2.09. The monoisotopic (exact) mass is 326 g/mol. The van der Waals surface area contributed by atoms with Gasteiger partial charge in [-0.25, -0.2) is 0 Å². The van der Waals surface area contributed by atoms with Crippen molar-refractivity contribution in [1.82, 2.24) is 0 Å². The van der Waals surface area contributed by atoms with E-state index in [2.05, 4.69) is 10.6 Å². The molecule has 6 nitrogen and oxygen atoms in total. The van der Waals surface area contributed by atoms with E-state index < -0.39 is 0 Å². The third-order valence-electron chi connectivity index (χ3n) is 3.61. The number of ether oxygens (including phenoxy) is 2. The van der Waals surface area contributed by atoms with E-state index in [1.165, 1.54) is 6.92 Å². The maximum atomic E-state index is 12.0. The van der Waals surface area contributed by atoms with Gasteiger partial charge in [-0.2, -0.15) is 0 Å². The Labute approximate surface area is 139 Å². The summed E-state index contributed by atoms with van der Waals surface area (Å²) in [5.74, 6) is 1.27. The molecular formula is C18H18N2O4. The number of amides is 1. The van der Waals surface area contributed by atoms with Crippen molar-refractivity contribution in [3.05, 3.63) is 48.0 Å². The van der Waals surface area contributed by atoms with Gasteiger partial charge in [0.2, 0.25) is 12.7 Å². The maximum absolute atomic E-state index is 12.0. The summed E-state index contributed by atoms with van der Waals surface area (Å²) in [6, 6.07) is 12.5. The van der Waals surface area contributed by atoms with E-state index in [9.17, 15) is 9.59 Å². The molecule has 2 aromatic rings. The van der Waals surface area contributed by atoms with Crippen molar-refractivity contribution in [3.63, 3.8) is 0 Å². The molecular weight excluding hydrogens is 308 g/mol. The summed E-state index contributed by atoms with van der Waals surface area (Å²) >= 11 is 0. The Balaban J connectivity index is 1.49. The highest BCUT2D eigenvalue weighted by atomic mass is 16.7. The first kappa shape index (κ1) is 15.9. The summed E-state index contributed by atoms with van der Waals surface area (Å²) in [7, 11) is 0. The van der Waals surface area contributed by atoms with Crippen molar-refractivity contribution in [3.8, 4) is 11.5 Å². The van der Waals surface area contributed by atoms with Gasteiger partial charge < -0.3 is 20.1 Å². The summed E-state index contributed by atoms with van der Waals surface area (Å²) in [6.45, 7) is 2.22. The van der Waals surface area contributed by atoms with Gasteiger partial charge in [0.1, 0.15) is 0 Å². The molecule has 0 aromatic heterocycles. The summed E-state index contributed by atoms with van der Waals surface area (Å²) in [6.07, 6.45) is 0.304. The molecule has 2 aromatic carbocycles. The average Bonchev–Trinajstić information content (AvgIpc) is 3.02. The summed E-state index contributed by atoms with van der Waals surface area (Å²) in [4.78, 5) is 23.3. The van der Waals surface area contributed by atoms with Gasteiger partial charge in [0.05, 0.1) is 0 Å². The quantitative estimate of drug-likeness (QED) is 0.798. The number of ketones is 1. The van der Waals surface area contributed by atoms with Crippen LogP contribution in [0.15, 0.2) is 42.5 Å². The van der Waals surface area contributed by atoms with Crippen molar-refractivity contribution in [2.75, 3.05) is 24.0 Å². The van der Waals surface area contributed by atoms with Crippen molar-refractivity contribution >= 4 is 23.1 Å². The summed E-state index contributed by atoms with van der Waals surface area (Å²) in [5.41, 5.74) is 2.06. The van der Waals surface area contributed by atoms with Crippen molar-refractivity contribution < 1.29 is 19.1 Å². The predicted molar refractivity (Wildman–Crippen MR) is 90.7 cm³/mol. The lowest BCUT2D eigenvalue weighted by molar-refractivity contribution is -0.115. The first-order chi connectivity index (χ1) is 11.6. The molecule has 0 spiro atoms. The Hall–Kier alpha value is -3.02. The lowest BCUT2D eigenvalue weighted by atomic mass is 10.1. The largest absolute Gasteiger partial charge is 0.454 e. The minimum absolute atomic E-state index is 0.0319.